The number of carbonyl (C=O) groups excluding carboxylic acids is 4. The molecular weight excluding hydrogens is 432 g/mol. The fraction of sp³-hybridized carbons (Fsp3) is 0.308. The maximum absolute atomic E-state index is 12.6. The molecule has 0 unspecified atom stereocenters. The number of rotatable bonds is 9. The zero-order valence-electron chi connectivity index (χ0n) is 20.1. The quantitative estimate of drug-likeness (QED) is 0.427. The molecule has 4 N–H and O–H groups in total. The first-order chi connectivity index (χ1) is 16.1. The number of likely N-dealkylation sites (N-methyl/N-ethyl adjacent to an activating group) is 1. The number of anilines is 1. The van der Waals surface area contributed by atoms with Gasteiger partial charge in [0.1, 0.15) is 12.1 Å². The van der Waals surface area contributed by atoms with Crippen LogP contribution in [0.25, 0.3) is 12.2 Å². The minimum atomic E-state index is -0.643. The number of hydrogen-bond donors (Lipinski definition) is 4. The fourth-order valence-electron chi connectivity index (χ4n) is 3.23. The van der Waals surface area contributed by atoms with Crippen molar-refractivity contribution in [3.05, 3.63) is 65.2 Å². The lowest BCUT2D eigenvalue weighted by Gasteiger charge is -2.21. The standard InChI is InChI=1S/C26H32N4O4/c1-16(2)23(29-18(4)31)26(34)30-22-11-7-9-20(15-22)13-12-19-8-6-10-21(14-19)25(33)28-17(3)24(32)27-5/h6-17,23H,1-5H3,(H,27,32)(H,28,33)(H,29,31)(H,30,34)/b13-12-/t17-,23-/m0/s1. The van der Waals surface area contributed by atoms with Crippen LogP contribution in [0.2, 0.25) is 0 Å². The molecule has 0 spiro atoms. The van der Waals surface area contributed by atoms with E-state index >= 15 is 0 Å². The Morgan fingerprint density at radius 3 is 2.03 bits per heavy atom. The Balaban J connectivity index is 2.11. The Morgan fingerprint density at radius 1 is 0.824 bits per heavy atom. The summed E-state index contributed by atoms with van der Waals surface area (Å²) >= 11 is 0. The molecule has 0 saturated carbocycles. The molecule has 8 heteroatoms. The highest BCUT2D eigenvalue weighted by Gasteiger charge is 2.23. The first-order valence-corrected chi connectivity index (χ1v) is 11.1. The second-order valence-corrected chi connectivity index (χ2v) is 8.31. The Hall–Kier alpha value is -3.94. The molecule has 4 amide bonds. The summed E-state index contributed by atoms with van der Waals surface area (Å²) in [5, 5.41) is 10.7. The maximum atomic E-state index is 12.6. The van der Waals surface area contributed by atoms with E-state index in [1.165, 1.54) is 14.0 Å². The van der Waals surface area contributed by atoms with Gasteiger partial charge in [-0.2, -0.15) is 0 Å². The van der Waals surface area contributed by atoms with Crippen LogP contribution >= 0.6 is 0 Å². The van der Waals surface area contributed by atoms with Crippen molar-refractivity contribution in [2.24, 2.45) is 5.92 Å². The molecule has 2 rings (SSSR count). The van der Waals surface area contributed by atoms with E-state index in [1.54, 1.807) is 31.2 Å². The van der Waals surface area contributed by atoms with Crippen LogP contribution in [-0.2, 0) is 14.4 Å². The van der Waals surface area contributed by atoms with E-state index in [0.717, 1.165) is 11.1 Å². The average molecular weight is 465 g/mol. The first kappa shape index (κ1) is 26.3. The minimum absolute atomic E-state index is 0.0594. The number of hydrogen-bond acceptors (Lipinski definition) is 4. The predicted molar refractivity (Wildman–Crippen MR) is 134 cm³/mol. The maximum Gasteiger partial charge on any atom is 0.251 e. The van der Waals surface area contributed by atoms with E-state index in [0.29, 0.717) is 11.3 Å². The van der Waals surface area contributed by atoms with Gasteiger partial charge in [-0.05, 0) is 48.2 Å². The van der Waals surface area contributed by atoms with Gasteiger partial charge in [-0.15, -0.1) is 0 Å². The molecular formula is C26H32N4O4. The van der Waals surface area contributed by atoms with Crippen molar-refractivity contribution in [2.75, 3.05) is 12.4 Å². The molecule has 2 aromatic carbocycles. The van der Waals surface area contributed by atoms with E-state index < -0.39 is 12.1 Å². The van der Waals surface area contributed by atoms with Crippen LogP contribution in [0.4, 0.5) is 5.69 Å². The van der Waals surface area contributed by atoms with Gasteiger partial charge in [0.25, 0.3) is 5.91 Å². The highest BCUT2D eigenvalue weighted by molar-refractivity contribution is 5.98. The topological polar surface area (TPSA) is 116 Å². The van der Waals surface area contributed by atoms with Gasteiger partial charge < -0.3 is 21.3 Å². The molecule has 2 aromatic rings. The Bertz CT molecular complexity index is 1080. The largest absolute Gasteiger partial charge is 0.357 e. The zero-order valence-corrected chi connectivity index (χ0v) is 20.1. The molecule has 0 aliphatic carbocycles. The highest BCUT2D eigenvalue weighted by atomic mass is 16.2. The average Bonchev–Trinajstić information content (AvgIpc) is 2.80. The lowest BCUT2D eigenvalue weighted by Crippen LogP contribution is -2.46. The van der Waals surface area contributed by atoms with E-state index in [9.17, 15) is 19.2 Å². The number of benzene rings is 2. The molecule has 180 valence electrons. The van der Waals surface area contributed by atoms with Crippen LogP contribution in [0.3, 0.4) is 0 Å². The van der Waals surface area contributed by atoms with E-state index in [4.69, 9.17) is 0 Å². The lowest BCUT2D eigenvalue weighted by molar-refractivity contribution is -0.126. The molecule has 0 radical (unpaired) electrons. The Kier molecular flexibility index (Phi) is 9.55. The van der Waals surface area contributed by atoms with Crippen molar-refractivity contribution in [1.29, 1.82) is 0 Å². The molecule has 0 heterocycles. The van der Waals surface area contributed by atoms with Gasteiger partial charge in [0, 0.05) is 25.2 Å². The zero-order chi connectivity index (χ0) is 25.3. The van der Waals surface area contributed by atoms with Crippen molar-refractivity contribution in [2.45, 2.75) is 39.8 Å². The molecule has 0 bridgehead atoms. The van der Waals surface area contributed by atoms with Crippen molar-refractivity contribution >= 4 is 41.5 Å². The summed E-state index contributed by atoms with van der Waals surface area (Å²) < 4.78 is 0. The molecule has 34 heavy (non-hydrogen) atoms. The molecule has 0 aliphatic heterocycles. The van der Waals surface area contributed by atoms with Crippen LogP contribution in [-0.4, -0.2) is 42.8 Å². The van der Waals surface area contributed by atoms with Crippen molar-refractivity contribution in [3.8, 4) is 0 Å². The molecule has 0 aromatic heterocycles. The normalized spacial score (nSPS) is 12.6. The van der Waals surface area contributed by atoms with Gasteiger partial charge in [0.05, 0.1) is 0 Å². The summed E-state index contributed by atoms with van der Waals surface area (Å²) in [5.74, 6) is -1.21. The number of carbonyl (C=O) groups is 4. The fourth-order valence-corrected chi connectivity index (χ4v) is 3.23. The third kappa shape index (κ3) is 7.88. The van der Waals surface area contributed by atoms with Gasteiger partial charge in [0.15, 0.2) is 0 Å². The van der Waals surface area contributed by atoms with Crippen LogP contribution < -0.4 is 21.3 Å². The SMILES string of the molecule is CNC(=O)[C@H](C)NC(=O)c1cccc(/C=C\c2cccc(NC(=O)[C@@H](NC(C)=O)C(C)C)c2)c1. The van der Waals surface area contributed by atoms with Gasteiger partial charge in [-0.25, -0.2) is 0 Å². The lowest BCUT2D eigenvalue weighted by atomic mass is 10.0. The Labute approximate surface area is 200 Å². The van der Waals surface area contributed by atoms with Gasteiger partial charge in [-0.1, -0.05) is 50.3 Å². The van der Waals surface area contributed by atoms with E-state index in [-0.39, 0.29) is 29.5 Å². The van der Waals surface area contributed by atoms with Crippen LogP contribution in [0.1, 0.15) is 49.2 Å². The van der Waals surface area contributed by atoms with Crippen molar-refractivity contribution in [1.82, 2.24) is 16.0 Å². The smallest absolute Gasteiger partial charge is 0.251 e. The van der Waals surface area contributed by atoms with E-state index in [1.807, 2.05) is 50.3 Å². The second kappa shape index (κ2) is 12.3. The van der Waals surface area contributed by atoms with E-state index in [2.05, 4.69) is 21.3 Å². The summed E-state index contributed by atoms with van der Waals surface area (Å²) in [7, 11) is 1.52. The van der Waals surface area contributed by atoms with Gasteiger partial charge in [-0.3, -0.25) is 19.2 Å². The molecule has 0 fully saturated rings. The minimum Gasteiger partial charge on any atom is -0.357 e. The van der Waals surface area contributed by atoms with Crippen molar-refractivity contribution < 1.29 is 19.2 Å². The van der Waals surface area contributed by atoms with Crippen LogP contribution in [0.5, 0.6) is 0 Å². The number of amides is 4. The summed E-state index contributed by atoms with van der Waals surface area (Å²) in [5.41, 5.74) is 2.71. The third-order valence-electron chi connectivity index (χ3n) is 5.07. The van der Waals surface area contributed by atoms with Gasteiger partial charge in [0.2, 0.25) is 17.7 Å². The van der Waals surface area contributed by atoms with Crippen LogP contribution in [0, 0.1) is 5.92 Å². The predicted octanol–water partition coefficient (Wildman–Crippen LogP) is 2.82. The second-order valence-electron chi connectivity index (χ2n) is 8.31. The monoisotopic (exact) mass is 464 g/mol. The molecule has 8 nitrogen and oxygen atoms in total. The summed E-state index contributed by atoms with van der Waals surface area (Å²) in [6, 6.07) is 13.1. The van der Waals surface area contributed by atoms with Crippen LogP contribution in [0.15, 0.2) is 48.5 Å². The summed E-state index contributed by atoms with van der Waals surface area (Å²) in [6.45, 7) is 6.74. The van der Waals surface area contributed by atoms with Gasteiger partial charge >= 0.3 is 0 Å². The number of nitrogens with one attached hydrogen (secondary N) is 4. The highest BCUT2D eigenvalue weighted by Crippen LogP contribution is 2.16. The third-order valence-corrected chi connectivity index (χ3v) is 5.07. The first-order valence-electron chi connectivity index (χ1n) is 11.1. The molecule has 2 atom stereocenters. The Morgan fingerprint density at radius 2 is 1.44 bits per heavy atom. The van der Waals surface area contributed by atoms with Crippen molar-refractivity contribution in [3.63, 3.8) is 0 Å². The summed E-state index contributed by atoms with van der Waals surface area (Å²) in [4.78, 5) is 48.1. The molecule has 0 aliphatic rings. The molecule has 0 saturated heterocycles. The summed E-state index contributed by atoms with van der Waals surface area (Å²) in [6.07, 6.45) is 3.72.